The second-order valence-corrected chi connectivity index (χ2v) is 15.0. The fraction of sp³-hybridized carbons (Fsp3) is 0.0566. The highest BCUT2D eigenvalue weighted by molar-refractivity contribution is 5.83. The molecule has 11 rings (SSSR count). The predicted molar refractivity (Wildman–Crippen MR) is 229 cm³/mol. The van der Waals surface area contributed by atoms with Gasteiger partial charge in [-0.25, -0.2) is 15.0 Å². The van der Waals surface area contributed by atoms with Crippen LogP contribution in [0.2, 0.25) is 0 Å². The number of rotatable bonds is 5. The molecule has 5 nitrogen and oxygen atoms in total. The lowest BCUT2D eigenvalue weighted by molar-refractivity contribution is 0.374. The molecule has 0 radical (unpaired) electrons. The minimum absolute atomic E-state index is 0.0380. The summed E-state index contributed by atoms with van der Waals surface area (Å²) >= 11 is 0. The number of nitriles is 1. The van der Waals surface area contributed by atoms with Gasteiger partial charge in [-0.2, -0.15) is 5.26 Å². The molecule has 7 aromatic carbocycles. The number of benzene rings is 7. The molecule has 0 amide bonds. The number of nitrogens with zero attached hydrogens (tertiary/aromatic N) is 4. The molecule has 58 heavy (non-hydrogen) atoms. The van der Waals surface area contributed by atoms with Gasteiger partial charge in [-0.3, -0.25) is 0 Å². The van der Waals surface area contributed by atoms with Gasteiger partial charge in [-0.05, 0) is 69.8 Å². The fourth-order valence-electron chi connectivity index (χ4n) is 9.33. The van der Waals surface area contributed by atoms with E-state index in [-0.39, 0.29) is 11.8 Å². The lowest BCUT2D eigenvalue weighted by atomic mass is 9.61. The van der Waals surface area contributed by atoms with Crippen LogP contribution in [0.1, 0.15) is 39.3 Å². The van der Waals surface area contributed by atoms with Crippen LogP contribution < -0.4 is 4.74 Å². The van der Waals surface area contributed by atoms with Crippen LogP contribution in [0, 0.1) is 17.2 Å². The highest BCUT2D eigenvalue weighted by atomic mass is 16.5. The number of aromatic nitrogens is 3. The van der Waals surface area contributed by atoms with Crippen LogP contribution in [-0.4, -0.2) is 15.0 Å². The van der Waals surface area contributed by atoms with E-state index in [0.29, 0.717) is 23.0 Å². The lowest BCUT2D eigenvalue weighted by Crippen LogP contribution is -2.37. The number of hydrogen-bond donors (Lipinski definition) is 0. The van der Waals surface area contributed by atoms with Crippen LogP contribution in [0.15, 0.2) is 194 Å². The van der Waals surface area contributed by atoms with Gasteiger partial charge in [0.2, 0.25) is 0 Å². The predicted octanol–water partition coefficient (Wildman–Crippen LogP) is 12.2. The molecule has 0 saturated heterocycles. The molecule has 5 heteroatoms. The van der Waals surface area contributed by atoms with Gasteiger partial charge in [0.25, 0.3) is 0 Å². The molecular weight excluding hydrogens is 709 g/mol. The molecule has 8 aromatic rings. The summed E-state index contributed by atoms with van der Waals surface area (Å²) in [5.41, 5.74) is 12.0. The molecule has 0 saturated carbocycles. The third-order valence-corrected chi connectivity index (χ3v) is 11.9. The maximum Gasteiger partial charge on any atom is 0.164 e. The summed E-state index contributed by atoms with van der Waals surface area (Å²) in [5.74, 6) is 3.76. The smallest absolute Gasteiger partial charge is 0.164 e. The third-order valence-electron chi connectivity index (χ3n) is 11.9. The largest absolute Gasteiger partial charge is 0.457 e. The Kier molecular flexibility index (Phi) is 7.84. The molecule has 1 aromatic heterocycles. The van der Waals surface area contributed by atoms with E-state index in [1.807, 2.05) is 78.9 Å². The van der Waals surface area contributed by atoms with Gasteiger partial charge in [-0.15, -0.1) is 0 Å². The summed E-state index contributed by atoms with van der Waals surface area (Å²) in [6.45, 7) is 0. The number of ether oxygens (including phenoxy) is 1. The molecule has 0 bridgehead atoms. The van der Waals surface area contributed by atoms with E-state index in [0.717, 1.165) is 61.6 Å². The fourth-order valence-corrected chi connectivity index (χ4v) is 9.33. The van der Waals surface area contributed by atoms with Crippen molar-refractivity contribution in [3.63, 3.8) is 0 Å². The van der Waals surface area contributed by atoms with Crippen LogP contribution in [-0.2, 0) is 5.41 Å². The molecule has 2 heterocycles. The van der Waals surface area contributed by atoms with E-state index < -0.39 is 5.41 Å². The van der Waals surface area contributed by atoms with Crippen molar-refractivity contribution in [2.24, 2.45) is 5.92 Å². The highest BCUT2D eigenvalue weighted by Gasteiger charge is 2.57. The zero-order valence-electron chi connectivity index (χ0n) is 31.3. The molecule has 0 N–H and O–H groups in total. The number of hydrogen-bond acceptors (Lipinski definition) is 5. The van der Waals surface area contributed by atoms with Crippen LogP contribution in [0.25, 0.3) is 50.9 Å². The molecule has 272 valence electrons. The maximum atomic E-state index is 10.1. The average molecular weight is 743 g/mol. The number of allylic oxidation sites excluding steroid dienone is 4. The maximum absolute atomic E-state index is 10.1. The quantitative estimate of drug-likeness (QED) is 0.176. The van der Waals surface area contributed by atoms with E-state index in [2.05, 4.69) is 121 Å². The molecule has 1 aliphatic heterocycles. The Balaban J connectivity index is 1.02. The van der Waals surface area contributed by atoms with Crippen molar-refractivity contribution in [3.05, 3.63) is 228 Å². The van der Waals surface area contributed by atoms with Crippen LogP contribution in [0.3, 0.4) is 0 Å². The molecule has 2 unspecified atom stereocenters. The number of para-hydroxylation sites is 2. The van der Waals surface area contributed by atoms with Gasteiger partial charge in [0.05, 0.1) is 17.0 Å². The Hall–Kier alpha value is -7.68. The first-order valence-electron chi connectivity index (χ1n) is 19.6. The molecule has 3 aliphatic rings. The highest BCUT2D eigenvalue weighted by Crippen LogP contribution is 2.65. The van der Waals surface area contributed by atoms with E-state index in [1.54, 1.807) is 0 Å². The molecular formula is C53H34N4O. The first-order valence-corrected chi connectivity index (χ1v) is 19.6. The second-order valence-electron chi connectivity index (χ2n) is 15.0. The number of fused-ring (bicyclic) bond motifs is 9. The Morgan fingerprint density at radius 1 is 0.483 bits per heavy atom. The standard InChI is InChI=1S/C53H34N4O/c54-33-34-25-27-42-43-28-26-40(32-47(43)53(46(42)29-34)44-21-7-9-23-48(44)58-49-24-10-8-22-45(49)53)38-18-11-17-37(30-38)39-19-12-20-41(31-39)52-56-50(35-13-3-1-4-14-35)55-51(57-52)36-15-5-2-6-16-36/h1-32,43,47H. The molecule has 2 aliphatic carbocycles. The van der Waals surface area contributed by atoms with E-state index >= 15 is 0 Å². The summed E-state index contributed by atoms with van der Waals surface area (Å²) in [6.07, 6.45) is 7.10. The van der Waals surface area contributed by atoms with Crippen LogP contribution >= 0.6 is 0 Å². The van der Waals surface area contributed by atoms with E-state index in [4.69, 9.17) is 19.7 Å². The minimum atomic E-state index is -0.554. The van der Waals surface area contributed by atoms with Gasteiger partial charge in [0.15, 0.2) is 17.5 Å². The van der Waals surface area contributed by atoms with Crippen molar-refractivity contribution in [2.45, 2.75) is 11.3 Å². The van der Waals surface area contributed by atoms with Crippen LogP contribution in [0.4, 0.5) is 0 Å². The van der Waals surface area contributed by atoms with Gasteiger partial charge >= 0.3 is 0 Å². The van der Waals surface area contributed by atoms with E-state index in [1.165, 1.54) is 11.1 Å². The summed E-state index contributed by atoms with van der Waals surface area (Å²) in [7, 11) is 0. The summed E-state index contributed by atoms with van der Waals surface area (Å²) < 4.78 is 6.58. The second kappa shape index (κ2) is 13.5. The third kappa shape index (κ3) is 5.34. The molecule has 2 atom stereocenters. The Bertz CT molecular complexity index is 2910. The summed E-state index contributed by atoms with van der Waals surface area (Å²) in [6, 6.07) is 62.8. The van der Waals surface area contributed by atoms with Crippen molar-refractivity contribution in [1.82, 2.24) is 15.0 Å². The molecule has 0 fully saturated rings. The topological polar surface area (TPSA) is 71.7 Å². The minimum Gasteiger partial charge on any atom is -0.457 e. The van der Waals surface area contributed by atoms with Gasteiger partial charge in [0.1, 0.15) is 11.5 Å². The Labute approximate surface area is 337 Å². The Morgan fingerprint density at radius 2 is 1.00 bits per heavy atom. The van der Waals surface area contributed by atoms with Crippen molar-refractivity contribution >= 4 is 5.57 Å². The first-order chi connectivity index (χ1) is 28.7. The first kappa shape index (κ1) is 33.6. The summed E-state index contributed by atoms with van der Waals surface area (Å²) in [4.78, 5) is 14.9. The zero-order valence-corrected chi connectivity index (χ0v) is 31.3. The van der Waals surface area contributed by atoms with Crippen molar-refractivity contribution < 1.29 is 4.74 Å². The monoisotopic (exact) mass is 742 g/mol. The summed E-state index contributed by atoms with van der Waals surface area (Å²) in [5, 5.41) is 10.1. The van der Waals surface area contributed by atoms with Gasteiger partial charge < -0.3 is 4.74 Å². The van der Waals surface area contributed by atoms with E-state index in [9.17, 15) is 5.26 Å². The van der Waals surface area contributed by atoms with Gasteiger partial charge in [-0.1, -0.05) is 158 Å². The van der Waals surface area contributed by atoms with Crippen molar-refractivity contribution in [2.75, 3.05) is 0 Å². The van der Waals surface area contributed by atoms with Crippen molar-refractivity contribution in [3.8, 4) is 62.9 Å². The average Bonchev–Trinajstić information content (AvgIpc) is 3.58. The normalized spacial score (nSPS) is 16.6. The SMILES string of the molecule is N#Cc1ccc2c(c1)C1(c3ccccc3Oc3ccccc31)C1C=C(c3cccc(-c4cccc(-c5nc(-c6ccccc6)nc(-c6ccccc6)n5)c4)c3)C=CC21. The Morgan fingerprint density at radius 3 is 1.62 bits per heavy atom. The van der Waals surface area contributed by atoms with Crippen LogP contribution in [0.5, 0.6) is 11.5 Å². The van der Waals surface area contributed by atoms with Crippen molar-refractivity contribution in [1.29, 1.82) is 5.26 Å². The van der Waals surface area contributed by atoms with Gasteiger partial charge in [0, 0.05) is 39.7 Å². The lowest BCUT2D eigenvalue weighted by Gasteiger charge is -2.43. The molecule has 1 spiro atoms. The zero-order chi connectivity index (χ0) is 38.6.